The molecule has 82 valence electrons. The molecule has 0 atom stereocenters. The van der Waals surface area contributed by atoms with Crippen molar-refractivity contribution in [1.82, 2.24) is 5.32 Å². The van der Waals surface area contributed by atoms with Crippen LogP contribution in [0.1, 0.15) is 18.9 Å². The molecule has 0 fully saturated rings. The molecule has 0 heterocycles. The molecule has 0 aromatic heterocycles. The van der Waals surface area contributed by atoms with Gasteiger partial charge < -0.3 is 11.1 Å². The summed E-state index contributed by atoms with van der Waals surface area (Å²) in [4.78, 5) is 4.20. The third-order valence-corrected chi connectivity index (χ3v) is 2.11. The van der Waals surface area contributed by atoms with E-state index in [4.69, 9.17) is 17.3 Å². The van der Waals surface area contributed by atoms with E-state index in [2.05, 4.69) is 17.2 Å². The second kappa shape index (κ2) is 6.30. The lowest BCUT2D eigenvalue weighted by atomic mass is 10.2. The number of rotatable bonds is 4. The minimum Gasteiger partial charge on any atom is -0.370 e. The van der Waals surface area contributed by atoms with Gasteiger partial charge in [0.1, 0.15) is 0 Å². The van der Waals surface area contributed by atoms with Gasteiger partial charge in [-0.2, -0.15) is 0 Å². The van der Waals surface area contributed by atoms with Crippen LogP contribution in [-0.4, -0.2) is 12.5 Å². The summed E-state index contributed by atoms with van der Waals surface area (Å²) in [6.45, 7) is 3.49. The lowest BCUT2D eigenvalue weighted by molar-refractivity contribution is 0.825. The van der Waals surface area contributed by atoms with Crippen molar-refractivity contribution in [1.29, 1.82) is 0 Å². The molecule has 3 nitrogen and oxygen atoms in total. The summed E-state index contributed by atoms with van der Waals surface area (Å²) in [7, 11) is 0. The van der Waals surface area contributed by atoms with Crippen molar-refractivity contribution >= 4 is 17.6 Å². The molecule has 0 aliphatic rings. The Balaban J connectivity index is 2.48. The molecular formula is C11H16ClN3. The monoisotopic (exact) mass is 225 g/mol. The predicted molar refractivity (Wildman–Crippen MR) is 65.1 cm³/mol. The fourth-order valence-electron chi connectivity index (χ4n) is 1.12. The summed E-state index contributed by atoms with van der Waals surface area (Å²) < 4.78 is 0. The van der Waals surface area contributed by atoms with E-state index < -0.39 is 0 Å². The number of nitrogens with one attached hydrogen (secondary N) is 1. The molecule has 0 aliphatic carbocycles. The lowest BCUT2D eigenvalue weighted by Crippen LogP contribution is -2.32. The third-order valence-electron chi connectivity index (χ3n) is 1.88. The van der Waals surface area contributed by atoms with Crippen LogP contribution in [0, 0.1) is 0 Å². The van der Waals surface area contributed by atoms with E-state index in [1.54, 1.807) is 0 Å². The van der Waals surface area contributed by atoms with Gasteiger partial charge in [0.05, 0.1) is 6.54 Å². The second-order valence-electron chi connectivity index (χ2n) is 3.26. The molecule has 15 heavy (non-hydrogen) atoms. The van der Waals surface area contributed by atoms with Gasteiger partial charge >= 0.3 is 0 Å². The van der Waals surface area contributed by atoms with Crippen LogP contribution < -0.4 is 11.1 Å². The van der Waals surface area contributed by atoms with Crippen LogP contribution in [-0.2, 0) is 6.54 Å². The highest BCUT2D eigenvalue weighted by Gasteiger charge is 1.93. The van der Waals surface area contributed by atoms with E-state index in [1.807, 2.05) is 24.3 Å². The molecule has 0 radical (unpaired) electrons. The normalized spacial score (nSPS) is 11.5. The van der Waals surface area contributed by atoms with Crippen LogP contribution in [0.4, 0.5) is 0 Å². The Morgan fingerprint density at radius 1 is 1.53 bits per heavy atom. The molecule has 1 aromatic rings. The number of halogens is 1. The highest BCUT2D eigenvalue weighted by molar-refractivity contribution is 6.30. The lowest BCUT2D eigenvalue weighted by Gasteiger charge is -2.03. The van der Waals surface area contributed by atoms with Crippen molar-refractivity contribution in [3.8, 4) is 0 Å². The molecule has 1 aromatic carbocycles. The van der Waals surface area contributed by atoms with E-state index >= 15 is 0 Å². The first-order valence-electron chi connectivity index (χ1n) is 5.00. The smallest absolute Gasteiger partial charge is 0.188 e. The Morgan fingerprint density at radius 3 is 3.00 bits per heavy atom. The summed E-state index contributed by atoms with van der Waals surface area (Å²) in [6, 6.07) is 7.61. The molecule has 1 rings (SSSR count). The van der Waals surface area contributed by atoms with Crippen molar-refractivity contribution in [3.63, 3.8) is 0 Å². The molecular weight excluding hydrogens is 210 g/mol. The highest BCUT2D eigenvalue weighted by Crippen LogP contribution is 2.11. The quantitative estimate of drug-likeness (QED) is 0.610. The third kappa shape index (κ3) is 4.70. The Morgan fingerprint density at radius 2 is 2.33 bits per heavy atom. The van der Waals surface area contributed by atoms with Crippen LogP contribution in [0.25, 0.3) is 0 Å². The molecule has 0 saturated carbocycles. The van der Waals surface area contributed by atoms with Gasteiger partial charge in [-0.15, -0.1) is 0 Å². The minimum atomic E-state index is 0.483. The Labute approximate surface area is 95.3 Å². The Kier molecular flexibility index (Phi) is 4.98. The van der Waals surface area contributed by atoms with Gasteiger partial charge in [0.2, 0.25) is 0 Å². The van der Waals surface area contributed by atoms with Gasteiger partial charge in [-0.3, -0.25) is 0 Å². The van der Waals surface area contributed by atoms with Crippen molar-refractivity contribution < 1.29 is 0 Å². The van der Waals surface area contributed by atoms with Gasteiger partial charge in [-0.1, -0.05) is 30.7 Å². The first-order chi connectivity index (χ1) is 7.22. The Hall–Kier alpha value is -1.22. The fourth-order valence-corrected chi connectivity index (χ4v) is 1.33. The topological polar surface area (TPSA) is 50.4 Å². The van der Waals surface area contributed by atoms with E-state index in [1.165, 1.54) is 0 Å². The Bertz CT molecular complexity index is 336. The van der Waals surface area contributed by atoms with Crippen molar-refractivity contribution in [2.75, 3.05) is 6.54 Å². The van der Waals surface area contributed by atoms with Crippen LogP contribution in [0.15, 0.2) is 29.3 Å². The van der Waals surface area contributed by atoms with Crippen LogP contribution in [0.5, 0.6) is 0 Å². The van der Waals surface area contributed by atoms with Crippen molar-refractivity contribution in [2.24, 2.45) is 10.7 Å². The average molecular weight is 226 g/mol. The summed E-state index contributed by atoms with van der Waals surface area (Å²) in [5.74, 6) is 0.483. The molecule has 0 amide bonds. The zero-order valence-corrected chi connectivity index (χ0v) is 9.59. The second-order valence-corrected chi connectivity index (χ2v) is 3.69. The maximum absolute atomic E-state index is 5.85. The van der Waals surface area contributed by atoms with E-state index in [0.717, 1.165) is 23.6 Å². The fraction of sp³-hybridized carbons (Fsp3) is 0.364. The van der Waals surface area contributed by atoms with E-state index in [0.29, 0.717) is 12.5 Å². The zero-order chi connectivity index (χ0) is 11.1. The number of hydrogen-bond donors (Lipinski definition) is 2. The maximum atomic E-state index is 5.85. The first-order valence-corrected chi connectivity index (χ1v) is 5.38. The largest absolute Gasteiger partial charge is 0.370 e. The van der Waals surface area contributed by atoms with Gasteiger partial charge in [0.25, 0.3) is 0 Å². The first kappa shape index (κ1) is 11.9. The number of guanidine groups is 1. The standard InChI is InChI=1S/C11H16ClN3/c1-2-6-14-11(13)15-8-9-4-3-5-10(12)7-9/h3-5,7H,2,6,8H2,1H3,(H3,13,14,15). The molecule has 0 bridgehead atoms. The number of nitrogens with two attached hydrogens (primary N) is 1. The molecule has 0 aliphatic heterocycles. The molecule has 0 spiro atoms. The van der Waals surface area contributed by atoms with Crippen LogP contribution in [0.2, 0.25) is 5.02 Å². The van der Waals surface area contributed by atoms with Gasteiger partial charge in [-0.05, 0) is 24.1 Å². The summed E-state index contributed by atoms with van der Waals surface area (Å²) in [5.41, 5.74) is 6.71. The number of hydrogen-bond acceptors (Lipinski definition) is 1. The summed E-state index contributed by atoms with van der Waals surface area (Å²) in [6.07, 6.45) is 1.04. The summed E-state index contributed by atoms with van der Waals surface area (Å²) >= 11 is 5.85. The van der Waals surface area contributed by atoms with Gasteiger partial charge in [0, 0.05) is 11.6 Å². The molecule has 3 N–H and O–H groups in total. The molecule has 4 heteroatoms. The number of aliphatic imine (C=N–C) groups is 1. The van der Waals surface area contributed by atoms with Crippen LogP contribution >= 0.6 is 11.6 Å². The average Bonchev–Trinajstić information content (AvgIpc) is 2.23. The number of benzene rings is 1. The minimum absolute atomic E-state index is 0.483. The van der Waals surface area contributed by atoms with E-state index in [-0.39, 0.29) is 0 Å². The van der Waals surface area contributed by atoms with E-state index in [9.17, 15) is 0 Å². The van der Waals surface area contributed by atoms with Gasteiger partial charge in [0.15, 0.2) is 5.96 Å². The highest BCUT2D eigenvalue weighted by atomic mass is 35.5. The molecule has 0 unspecified atom stereocenters. The maximum Gasteiger partial charge on any atom is 0.188 e. The predicted octanol–water partition coefficient (Wildman–Crippen LogP) is 2.15. The van der Waals surface area contributed by atoms with Crippen molar-refractivity contribution in [2.45, 2.75) is 19.9 Å². The van der Waals surface area contributed by atoms with Gasteiger partial charge in [-0.25, -0.2) is 4.99 Å². The summed E-state index contributed by atoms with van der Waals surface area (Å²) in [5, 5.41) is 3.74. The zero-order valence-electron chi connectivity index (χ0n) is 8.83. The van der Waals surface area contributed by atoms with Crippen molar-refractivity contribution in [3.05, 3.63) is 34.9 Å². The van der Waals surface area contributed by atoms with Crippen LogP contribution in [0.3, 0.4) is 0 Å². The SMILES string of the molecule is CCCNC(N)=NCc1cccc(Cl)c1. The molecule has 0 saturated heterocycles. The number of nitrogens with zero attached hydrogens (tertiary/aromatic N) is 1.